The van der Waals surface area contributed by atoms with Crippen LogP contribution in [0.2, 0.25) is 0 Å². The number of rotatable bonds is 4. The topological polar surface area (TPSA) is 87.5 Å². The number of amides is 3. The second-order valence-electron chi connectivity index (χ2n) is 3.98. The number of nitrogens with zero attached hydrogens (tertiary/aromatic N) is 1. The first kappa shape index (κ1) is 12.8. The van der Waals surface area contributed by atoms with E-state index in [0.717, 1.165) is 12.8 Å². The van der Waals surface area contributed by atoms with Crippen molar-refractivity contribution in [1.29, 1.82) is 0 Å². The molecule has 0 aliphatic carbocycles. The van der Waals surface area contributed by atoms with Crippen molar-refractivity contribution in [3.8, 4) is 0 Å². The first-order valence-corrected chi connectivity index (χ1v) is 5.62. The number of piperidine rings is 1. The quantitative estimate of drug-likeness (QED) is 0.592. The average Bonchev–Trinajstić information content (AvgIpc) is 2.29. The lowest BCUT2D eigenvalue weighted by atomic mass is 10.1. The summed E-state index contributed by atoms with van der Waals surface area (Å²) in [6, 6.07) is 0.0454. The number of carbonyl (C=O) groups is 2. The van der Waals surface area contributed by atoms with E-state index in [0.29, 0.717) is 32.1 Å². The van der Waals surface area contributed by atoms with Crippen LogP contribution in [-0.4, -0.2) is 49.6 Å². The summed E-state index contributed by atoms with van der Waals surface area (Å²) in [6.45, 7) is 2.08. The molecule has 0 aromatic heterocycles. The third kappa shape index (κ3) is 4.06. The zero-order valence-electron chi connectivity index (χ0n) is 9.66. The maximum Gasteiger partial charge on any atom is 0.314 e. The van der Waals surface area contributed by atoms with Crippen molar-refractivity contribution < 1.29 is 9.59 Å². The molecule has 1 saturated heterocycles. The maximum absolute atomic E-state index is 11.0. The van der Waals surface area contributed by atoms with E-state index in [1.165, 1.54) is 0 Å². The zero-order valence-corrected chi connectivity index (χ0v) is 9.66. The fourth-order valence-corrected chi connectivity index (χ4v) is 1.82. The highest BCUT2D eigenvalue weighted by Gasteiger charge is 2.20. The van der Waals surface area contributed by atoms with E-state index in [1.807, 2.05) is 0 Å². The summed E-state index contributed by atoms with van der Waals surface area (Å²) in [7, 11) is 1.63. The molecule has 0 bridgehead atoms. The lowest BCUT2D eigenvalue weighted by Gasteiger charge is -2.31. The third-order valence-electron chi connectivity index (χ3n) is 2.87. The number of nitrogens with two attached hydrogens (primary N) is 1. The number of primary amides is 1. The van der Waals surface area contributed by atoms with Gasteiger partial charge in [-0.3, -0.25) is 4.79 Å². The fraction of sp³-hybridized carbons (Fsp3) is 0.800. The molecule has 6 nitrogen and oxygen atoms in total. The molecule has 1 heterocycles. The van der Waals surface area contributed by atoms with Gasteiger partial charge in [-0.2, -0.15) is 0 Å². The summed E-state index contributed by atoms with van der Waals surface area (Å²) < 4.78 is 0. The number of urea groups is 1. The van der Waals surface area contributed by atoms with E-state index in [-0.39, 0.29) is 11.9 Å². The Bertz CT molecular complexity index is 249. The Labute approximate surface area is 95.5 Å². The molecule has 1 aliphatic heterocycles. The second kappa shape index (κ2) is 6.32. The Hall–Kier alpha value is -1.30. The molecule has 4 N–H and O–H groups in total. The number of hydrogen-bond acceptors (Lipinski definition) is 3. The van der Waals surface area contributed by atoms with Gasteiger partial charge in [0.1, 0.15) is 0 Å². The van der Waals surface area contributed by atoms with Crippen LogP contribution in [0.3, 0.4) is 0 Å². The SMILES string of the molecule is CNC(=O)CCNC1CCN(C(N)=O)CC1. The molecular weight excluding hydrogens is 208 g/mol. The summed E-state index contributed by atoms with van der Waals surface area (Å²) in [5, 5.41) is 5.88. The van der Waals surface area contributed by atoms with Crippen LogP contribution in [0.4, 0.5) is 4.79 Å². The van der Waals surface area contributed by atoms with Gasteiger partial charge in [0, 0.05) is 39.1 Å². The second-order valence-corrected chi connectivity index (χ2v) is 3.98. The Morgan fingerprint density at radius 1 is 1.38 bits per heavy atom. The van der Waals surface area contributed by atoms with E-state index in [2.05, 4.69) is 10.6 Å². The molecule has 92 valence electrons. The minimum Gasteiger partial charge on any atom is -0.359 e. The summed E-state index contributed by atoms with van der Waals surface area (Å²) in [4.78, 5) is 23.5. The molecule has 0 unspecified atom stereocenters. The molecule has 0 spiro atoms. The van der Waals surface area contributed by atoms with Gasteiger partial charge in [0.15, 0.2) is 0 Å². The summed E-state index contributed by atoms with van der Waals surface area (Å²) >= 11 is 0. The van der Waals surface area contributed by atoms with Gasteiger partial charge in [0.2, 0.25) is 5.91 Å². The molecular formula is C10H20N4O2. The molecule has 0 radical (unpaired) electrons. The lowest BCUT2D eigenvalue weighted by Crippen LogP contribution is -2.47. The van der Waals surface area contributed by atoms with Gasteiger partial charge < -0.3 is 21.3 Å². The summed E-state index contributed by atoms with van der Waals surface area (Å²) in [5.41, 5.74) is 5.18. The van der Waals surface area contributed by atoms with Gasteiger partial charge in [-0.05, 0) is 12.8 Å². The molecule has 6 heteroatoms. The number of hydrogen-bond donors (Lipinski definition) is 3. The van der Waals surface area contributed by atoms with Gasteiger partial charge in [-0.15, -0.1) is 0 Å². The summed E-state index contributed by atoms with van der Waals surface area (Å²) in [5.74, 6) is 0.0436. The molecule has 1 fully saturated rings. The number of carbonyl (C=O) groups excluding carboxylic acids is 2. The predicted octanol–water partition coefficient (Wildman–Crippen LogP) is -0.745. The molecule has 0 aromatic rings. The van der Waals surface area contributed by atoms with Crippen molar-refractivity contribution in [3.05, 3.63) is 0 Å². The van der Waals surface area contributed by atoms with E-state index in [1.54, 1.807) is 11.9 Å². The van der Waals surface area contributed by atoms with Crippen molar-refractivity contribution in [3.63, 3.8) is 0 Å². The van der Waals surface area contributed by atoms with Crippen LogP contribution >= 0.6 is 0 Å². The van der Waals surface area contributed by atoms with Gasteiger partial charge in [-0.1, -0.05) is 0 Å². The van der Waals surface area contributed by atoms with Crippen molar-refractivity contribution in [2.45, 2.75) is 25.3 Å². The van der Waals surface area contributed by atoms with Gasteiger partial charge in [0.25, 0.3) is 0 Å². The van der Waals surface area contributed by atoms with Crippen LogP contribution in [-0.2, 0) is 4.79 Å². The molecule has 1 aliphatic rings. The average molecular weight is 228 g/mol. The highest BCUT2D eigenvalue weighted by atomic mass is 16.2. The van der Waals surface area contributed by atoms with Gasteiger partial charge in [-0.25, -0.2) is 4.79 Å². The monoisotopic (exact) mass is 228 g/mol. The van der Waals surface area contributed by atoms with Crippen LogP contribution in [0.15, 0.2) is 0 Å². The minimum atomic E-state index is -0.344. The molecule has 3 amide bonds. The highest BCUT2D eigenvalue weighted by molar-refractivity contribution is 5.75. The van der Waals surface area contributed by atoms with Crippen LogP contribution < -0.4 is 16.4 Å². The minimum absolute atomic E-state index is 0.0436. The normalized spacial score (nSPS) is 17.2. The smallest absolute Gasteiger partial charge is 0.314 e. The Balaban J connectivity index is 2.13. The molecule has 1 rings (SSSR count). The first-order chi connectivity index (χ1) is 7.63. The molecule has 0 atom stereocenters. The first-order valence-electron chi connectivity index (χ1n) is 5.62. The number of likely N-dealkylation sites (tertiary alicyclic amines) is 1. The summed E-state index contributed by atoms with van der Waals surface area (Å²) in [6.07, 6.45) is 2.29. The van der Waals surface area contributed by atoms with E-state index < -0.39 is 0 Å². The molecule has 0 saturated carbocycles. The van der Waals surface area contributed by atoms with E-state index in [4.69, 9.17) is 5.73 Å². The molecule has 16 heavy (non-hydrogen) atoms. The predicted molar refractivity (Wildman–Crippen MR) is 60.9 cm³/mol. The Kier molecular flexibility index (Phi) is 5.04. The standard InChI is InChI=1S/C10H20N4O2/c1-12-9(15)2-5-13-8-3-6-14(7-4-8)10(11)16/h8,13H,2-7H2,1H3,(H2,11,16)(H,12,15). The van der Waals surface area contributed by atoms with Crippen LogP contribution in [0, 0.1) is 0 Å². The van der Waals surface area contributed by atoms with Crippen molar-refractivity contribution >= 4 is 11.9 Å². The van der Waals surface area contributed by atoms with Crippen molar-refractivity contribution in [2.75, 3.05) is 26.7 Å². The van der Waals surface area contributed by atoms with Crippen LogP contribution in [0.25, 0.3) is 0 Å². The van der Waals surface area contributed by atoms with Crippen molar-refractivity contribution in [1.82, 2.24) is 15.5 Å². The molecule has 0 aromatic carbocycles. The van der Waals surface area contributed by atoms with Crippen LogP contribution in [0.1, 0.15) is 19.3 Å². The largest absolute Gasteiger partial charge is 0.359 e. The highest BCUT2D eigenvalue weighted by Crippen LogP contribution is 2.09. The fourth-order valence-electron chi connectivity index (χ4n) is 1.82. The Morgan fingerprint density at radius 3 is 2.50 bits per heavy atom. The Morgan fingerprint density at radius 2 is 2.00 bits per heavy atom. The zero-order chi connectivity index (χ0) is 12.0. The van der Waals surface area contributed by atoms with Gasteiger partial charge >= 0.3 is 6.03 Å². The van der Waals surface area contributed by atoms with Gasteiger partial charge in [0.05, 0.1) is 0 Å². The van der Waals surface area contributed by atoms with Crippen molar-refractivity contribution in [2.24, 2.45) is 5.73 Å². The maximum atomic E-state index is 11.0. The van der Waals surface area contributed by atoms with E-state index >= 15 is 0 Å². The third-order valence-corrected chi connectivity index (χ3v) is 2.87. The lowest BCUT2D eigenvalue weighted by molar-refractivity contribution is -0.120. The number of nitrogens with one attached hydrogen (secondary N) is 2. The van der Waals surface area contributed by atoms with Crippen LogP contribution in [0.5, 0.6) is 0 Å². The van der Waals surface area contributed by atoms with E-state index in [9.17, 15) is 9.59 Å².